The molecule has 0 atom stereocenters. The zero-order valence-electron chi connectivity index (χ0n) is 11.8. The summed E-state index contributed by atoms with van der Waals surface area (Å²) in [5, 5.41) is 1.96. The standard InChI is InChI=1S/C15H16N2OS2/c1-18-10-5-7-11-9(8-10)4-6-12-13(11)16-15(20-3)17-14(12)19-2/h5,7-8H,4,6H2,1-3H3. The lowest BCUT2D eigenvalue weighted by molar-refractivity contribution is 0.414. The van der Waals surface area contributed by atoms with Crippen molar-refractivity contribution < 1.29 is 4.74 Å². The first-order chi connectivity index (χ1) is 9.76. The largest absolute Gasteiger partial charge is 0.497 e. The van der Waals surface area contributed by atoms with Crippen LogP contribution in [-0.2, 0) is 12.8 Å². The van der Waals surface area contributed by atoms with Gasteiger partial charge in [-0.1, -0.05) is 11.8 Å². The van der Waals surface area contributed by atoms with Crippen LogP contribution in [0.15, 0.2) is 28.4 Å². The summed E-state index contributed by atoms with van der Waals surface area (Å²) in [5.41, 5.74) is 4.92. The molecule has 1 aromatic carbocycles. The first kappa shape index (κ1) is 13.8. The summed E-state index contributed by atoms with van der Waals surface area (Å²) in [7, 11) is 1.71. The Hall–Kier alpha value is -1.20. The van der Waals surface area contributed by atoms with Crippen LogP contribution in [0, 0.1) is 0 Å². The van der Waals surface area contributed by atoms with E-state index in [-0.39, 0.29) is 0 Å². The number of methoxy groups -OCH3 is 1. The molecule has 5 heteroatoms. The van der Waals surface area contributed by atoms with E-state index in [1.54, 1.807) is 30.6 Å². The van der Waals surface area contributed by atoms with Crippen molar-refractivity contribution in [2.75, 3.05) is 19.6 Å². The molecule has 104 valence electrons. The Bertz CT molecular complexity index is 659. The Balaban J connectivity index is 2.20. The zero-order chi connectivity index (χ0) is 14.1. The van der Waals surface area contributed by atoms with E-state index in [9.17, 15) is 0 Å². The first-order valence-electron chi connectivity index (χ1n) is 6.43. The van der Waals surface area contributed by atoms with Crippen LogP contribution in [0.25, 0.3) is 11.3 Å². The Morgan fingerprint density at radius 1 is 1.10 bits per heavy atom. The third kappa shape index (κ3) is 2.29. The van der Waals surface area contributed by atoms with Crippen molar-refractivity contribution in [3.63, 3.8) is 0 Å². The van der Waals surface area contributed by atoms with Gasteiger partial charge in [-0.25, -0.2) is 9.97 Å². The van der Waals surface area contributed by atoms with Crippen molar-refractivity contribution in [1.82, 2.24) is 9.97 Å². The molecular formula is C15H16N2OS2. The van der Waals surface area contributed by atoms with E-state index in [0.29, 0.717) is 0 Å². The van der Waals surface area contributed by atoms with Crippen LogP contribution in [0.1, 0.15) is 11.1 Å². The zero-order valence-corrected chi connectivity index (χ0v) is 13.4. The fraction of sp³-hybridized carbons (Fsp3) is 0.333. The summed E-state index contributed by atoms with van der Waals surface area (Å²) in [6.45, 7) is 0. The van der Waals surface area contributed by atoms with Crippen LogP contribution in [0.4, 0.5) is 0 Å². The Labute approximate surface area is 127 Å². The molecular weight excluding hydrogens is 288 g/mol. The van der Waals surface area contributed by atoms with Gasteiger partial charge in [0.15, 0.2) is 5.16 Å². The number of hydrogen-bond donors (Lipinski definition) is 0. The smallest absolute Gasteiger partial charge is 0.188 e. The van der Waals surface area contributed by atoms with Crippen molar-refractivity contribution in [1.29, 1.82) is 0 Å². The summed E-state index contributed by atoms with van der Waals surface area (Å²) in [5.74, 6) is 0.913. The summed E-state index contributed by atoms with van der Waals surface area (Å²) >= 11 is 3.30. The Kier molecular flexibility index (Phi) is 3.89. The molecule has 0 radical (unpaired) electrons. The maximum atomic E-state index is 5.32. The highest BCUT2D eigenvalue weighted by molar-refractivity contribution is 7.99. The molecule has 0 N–H and O–H groups in total. The van der Waals surface area contributed by atoms with E-state index >= 15 is 0 Å². The second kappa shape index (κ2) is 5.66. The second-order valence-electron chi connectivity index (χ2n) is 4.57. The molecule has 20 heavy (non-hydrogen) atoms. The molecule has 2 aromatic rings. The normalized spacial score (nSPS) is 12.8. The van der Waals surface area contributed by atoms with Crippen molar-refractivity contribution in [3.05, 3.63) is 29.3 Å². The van der Waals surface area contributed by atoms with Gasteiger partial charge < -0.3 is 4.74 Å². The number of aryl methyl sites for hydroxylation is 1. The third-order valence-electron chi connectivity index (χ3n) is 3.54. The SMILES string of the molecule is COc1ccc2c(c1)CCc1c(SC)nc(SC)nc1-2. The summed E-state index contributed by atoms with van der Waals surface area (Å²) < 4.78 is 5.32. The van der Waals surface area contributed by atoms with E-state index in [4.69, 9.17) is 9.72 Å². The fourth-order valence-electron chi connectivity index (χ4n) is 2.55. The number of aromatic nitrogens is 2. The quantitative estimate of drug-likeness (QED) is 0.491. The average molecular weight is 304 g/mol. The third-order valence-corrected chi connectivity index (χ3v) is 4.81. The molecule has 3 nitrogen and oxygen atoms in total. The minimum Gasteiger partial charge on any atom is -0.497 e. The lowest BCUT2D eigenvalue weighted by Gasteiger charge is -2.21. The van der Waals surface area contributed by atoms with E-state index in [0.717, 1.165) is 34.5 Å². The van der Waals surface area contributed by atoms with Gasteiger partial charge in [-0.3, -0.25) is 0 Å². The van der Waals surface area contributed by atoms with E-state index in [1.165, 1.54) is 16.7 Å². The van der Waals surface area contributed by atoms with Crippen LogP contribution in [0.5, 0.6) is 5.75 Å². The highest BCUT2D eigenvalue weighted by Crippen LogP contribution is 2.38. The van der Waals surface area contributed by atoms with Crippen LogP contribution in [0.3, 0.4) is 0 Å². The fourth-order valence-corrected chi connectivity index (χ4v) is 3.59. The van der Waals surface area contributed by atoms with Crippen LogP contribution >= 0.6 is 23.5 Å². The van der Waals surface area contributed by atoms with Crippen LogP contribution in [-0.4, -0.2) is 29.6 Å². The van der Waals surface area contributed by atoms with Gasteiger partial charge in [-0.15, -0.1) is 11.8 Å². The van der Waals surface area contributed by atoms with Gasteiger partial charge in [0, 0.05) is 11.1 Å². The monoisotopic (exact) mass is 304 g/mol. The molecule has 1 aliphatic carbocycles. The van der Waals surface area contributed by atoms with Gasteiger partial charge in [0.05, 0.1) is 12.8 Å². The summed E-state index contributed by atoms with van der Waals surface area (Å²) in [6, 6.07) is 6.25. The van der Waals surface area contributed by atoms with Gasteiger partial charge in [0.25, 0.3) is 0 Å². The highest BCUT2D eigenvalue weighted by atomic mass is 32.2. The number of rotatable bonds is 3. The topological polar surface area (TPSA) is 35.0 Å². The molecule has 1 aliphatic rings. The maximum absolute atomic E-state index is 5.32. The van der Waals surface area contributed by atoms with Crippen LogP contribution in [0.2, 0.25) is 0 Å². The molecule has 0 aliphatic heterocycles. The molecule has 0 bridgehead atoms. The predicted octanol–water partition coefficient (Wildman–Crippen LogP) is 3.69. The molecule has 0 spiro atoms. The molecule has 1 aromatic heterocycles. The van der Waals surface area contributed by atoms with E-state index < -0.39 is 0 Å². The molecule has 0 saturated heterocycles. The minimum absolute atomic E-state index is 0.844. The number of ether oxygens (including phenoxy) is 1. The van der Waals surface area contributed by atoms with Crippen molar-refractivity contribution in [3.8, 4) is 17.0 Å². The Morgan fingerprint density at radius 3 is 2.65 bits per heavy atom. The van der Waals surface area contributed by atoms with Crippen LogP contribution < -0.4 is 4.74 Å². The van der Waals surface area contributed by atoms with Crippen molar-refractivity contribution in [2.24, 2.45) is 0 Å². The van der Waals surface area contributed by atoms with Gasteiger partial charge >= 0.3 is 0 Å². The number of thioether (sulfide) groups is 2. The first-order valence-corrected chi connectivity index (χ1v) is 8.88. The number of nitrogens with zero attached hydrogens (tertiary/aromatic N) is 2. The number of fused-ring (bicyclic) bond motifs is 3. The number of benzene rings is 1. The van der Waals surface area contributed by atoms with Crippen molar-refractivity contribution >= 4 is 23.5 Å². The second-order valence-corrected chi connectivity index (χ2v) is 6.14. The highest BCUT2D eigenvalue weighted by Gasteiger charge is 2.22. The Morgan fingerprint density at radius 2 is 1.95 bits per heavy atom. The molecule has 0 saturated carbocycles. The van der Waals surface area contributed by atoms with Gasteiger partial charge in [0.1, 0.15) is 10.8 Å². The molecule has 0 unspecified atom stereocenters. The predicted molar refractivity (Wildman–Crippen MR) is 85.0 cm³/mol. The molecule has 3 rings (SSSR count). The van der Waals surface area contributed by atoms with Gasteiger partial charge in [-0.05, 0) is 49.1 Å². The molecule has 1 heterocycles. The number of hydrogen-bond acceptors (Lipinski definition) is 5. The lowest BCUT2D eigenvalue weighted by atomic mass is 9.90. The van der Waals surface area contributed by atoms with Crippen molar-refractivity contribution in [2.45, 2.75) is 23.0 Å². The van der Waals surface area contributed by atoms with E-state index in [2.05, 4.69) is 23.4 Å². The summed E-state index contributed by atoms with van der Waals surface area (Å²) in [6.07, 6.45) is 6.12. The van der Waals surface area contributed by atoms with Gasteiger partial charge in [0.2, 0.25) is 0 Å². The van der Waals surface area contributed by atoms with E-state index in [1.807, 2.05) is 12.3 Å². The summed E-state index contributed by atoms with van der Waals surface area (Å²) in [4.78, 5) is 9.35. The molecule has 0 fully saturated rings. The minimum atomic E-state index is 0.844. The molecule has 0 amide bonds. The van der Waals surface area contributed by atoms with Gasteiger partial charge in [-0.2, -0.15) is 0 Å². The lowest BCUT2D eigenvalue weighted by Crippen LogP contribution is -2.09. The maximum Gasteiger partial charge on any atom is 0.188 e. The average Bonchev–Trinajstić information content (AvgIpc) is 2.52.